The second-order valence-corrected chi connectivity index (χ2v) is 3.97. The van der Waals surface area contributed by atoms with Crippen LogP contribution in [0.2, 0.25) is 0 Å². The van der Waals surface area contributed by atoms with Gasteiger partial charge in [0.15, 0.2) is 0 Å². The molecule has 0 aliphatic heterocycles. The van der Waals surface area contributed by atoms with Crippen LogP contribution in [0.4, 0.5) is 0 Å². The van der Waals surface area contributed by atoms with Crippen LogP contribution in [-0.2, 0) is 4.74 Å². The number of nitrogens with one attached hydrogen (secondary N) is 1. The summed E-state index contributed by atoms with van der Waals surface area (Å²) in [6.07, 6.45) is 0. The number of ether oxygens (including phenoxy) is 1. The number of H-pyrrole nitrogens is 1. The highest BCUT2D eigenvalue weighted by molar-refractivity contribution is 5.85. The van der Waals surface area contributed by atoms with E-state index >= 15 is 0 Å². The van der Waals surface area contributed by atoms with E-state index in [9.17, 15) is 14.7 Å². The molecule has 0 radical (unpaired) electrons. The summed E-state index contributed by atoms with van der Waals surface area (Å²) in [5, 5.41) is 9.80. The molecular formula is C13H12N2O4. The number of esters is 1. The fourth-order valence-corrected chi connectivity index (χ4v) is 1.64. The third-order valence-corrected chi connectivity index (χ3v) is 2.62. The molecule has 2 N–H and O–H groups in total. The smallest absolute Gasteiger partial charge is 0.374 e. The highest BCUT2D eigenvalue weighted by atomic mass is 16.5. The number of rotatable bonds is 2. The lowest BCUT2D eigenvalue weighted by Gasteiger charge is -2.05. The van der Waals surface area contributed by atoms with Crippen LogP contribution in [0.15, 0.2) is 29.1 Å². The van der Waals surface area contributed by atoms with Crippen LogP contribution in [0.5, 0.6) is 5.88 Å². The molecule has 0 spiro atoms. The second kappa shape index (κ2) is 4.93. The third-order valence-electron chi connectivity index (χ3n) is 2.62. The average Bonchev–Trinajstić information content (AvgIpc) is 2.39. The summed E-state index contributed by atoms with van der Waals surface area (Å²) >= 11 is 0. The Bertz CT molecular complexity index is 674. The van der Waals surface area contributed by atoms with E-state index in [2.05, 4.69) is 14.7 Å². The SMILES string of the molecule is COC(=O)c1nc(O)c(-c2ccc(C)cc2)c(=O)[nH]1. The van der Waals surface area contributed by atoms with E-state index in [1.807, 2.05) is 19.1 Å². The summed E-state index contributed by atoms with van der Waals surface area (Å²) in [5.41, 5.74) is 0.969. The Balaban J connectivity index is 2.57. The van der Waals surface area contributed by atoms with Gasteiger partial charge < -0.3 is 14.8 Å². The predicted molar refractivity (Wildman–Crippen MR) is 68.0 cm³/mol. The van der Waals surface area contributed by atoms with Crippen LogP contribution < -0.4 is 5.56 Å². The van der Waals surface area contributed by atoms with E-state index in [0.717, 1.165) is 12.7 Å². The lowest BCUT2D eigenvalue weighted by molar-refractivity contribution is 0.0585. The number of nitrogens with zero attached hydrogens (tertiary/aromatic N) is 1. The Morgan fingerprint density at radius 1 is 1.32 bits per heavy atom. The molecule has 0 amide bonds. The van der Waals surface area contributed by atoms with E-state index in [1.165, 1.54) is 0 Å². The number of carbonyl (C=O) groups is 1. The van der Waals surface area contributed by atoms with Gasteiger partial charge in [-0.3, -0.25) is 4.79 Å². The maximum Gasteiger partial charge on any atom is 0.374 e. The van der Waals surface area contributed by atoms with Crippen molar-refractivity contribution in [1.29, 1.82) is 0 Å². The molecule has 19 heavy (non-hydrogen) atoms. The van der Waals surface area contributed by atoms with Crippen LogP contribution in [0.3, 0.4) is 0 Å². The Morgan fingerprint density at radius 2 is 1.95 bits per heavy atom. The minimum absolute atomic E-state index is 0.0210. The molecule has 0 saturated heterocycles. The Kier molecular flexibility index (Phi) is 3.33. The van der Waals surface area contributed by atoms with Crippen LogP contribution >= 0.6 is 0 Å². The number of methoxy groups -OCH3 is 1. The zero-order valence-electron chi connectivity index (χ0n) is 10.4. The van der Waals surface area contributed by atoms with Gasteiger partial charge in [-0.1, -0.05) is 29.8 Å². The summed E-state index contributed by atoms with van der Waals surface area (Å²) in [7, 11) is 1.16. The minimum Gasteiger partial charge on any atom is -0.493 e. The van der Waals surface area contributed by atoms with E-state index in [1.54, 1.807) is 12.1 Å². The molecule has 0 bridgehead atoms. The first-order valence-corrected chi connectivity index (χ1v) is 5.51. The van der Waals surface area contributed by atoms with Crippen molar-refractivity contribution >= 4 is 5.97 Å². The molecule has 6 nitrogen and oxygen atoms in total. The third kappa shape index (κ3) is 2.47. The normalized spacial score (nSPS) is 10.2. The van der Waals surface area contributed by atoms with Gasteiger partial charge in [0, 0.05) is 0 Å². The zero-order chi connectivity index (χ0) is 14.0. The van der Waals surface area contributed by atoms with Crippen LogP contribution in [0.25, 0.3) is 11.1 Å². The van der Waals surface area contributed by atoms with Gasteiger partial charge in [-0.15, -0.1) is 0 Å². The maximum atomic E-state index is 11.9. The van der Waals surface area contributed by atoms with Gasteiger partial charge in [0.2, 0.25) is 11.7 Å². The molecule has 0 atom stereocenters. The van der Waals surface area contributed by atoms with Gasteiger partial charge >= 0.3 is 5.97 Å². The lowest BCUT2D eigenvalue weighted by atomic mass is 10.1. The first-order valence-electron chi connectivity index (χ1n) is 5.51. The minimum atomic E-state index is -0.817. The summed E-state index contributed by atoms with van der Waals surface area (Å²) in [6, 6.07) is 7.00. The number of hydrogen-bond acceptors (Lipinski definition) is 5. The fourth-order valence-electron chi connectivity index (χ4n) is 1.64. The van der Waals surface area contributed by atoms with Crippen molar-refractivity contribution in [2.75, 3.05) is 7.11 Å². The predicted octanol–water partition coefficient (Wildman–Crippen LogP) is 1.24. The Labute approximate surface area is 108 Å². The standard InChI is InChI=1S/C13H12N2O4/c1-7-3-5-8(6-4-7)9-11(16)14-10(13(18)19-2)15-12(9)17/h3-6H,1-2H3,(H2,14,15,16,17). The van der Waals surface area contributed by atoms with E-state index in [0.29, 0.717) is 5.56 Å². The number of benzene rings is 1. The largest absolute Gasteiger partial charge is 0.493 e. The monoisotopic (exact) mass is 260 g/mol. The molecule has 1 heterocycles. The molecule has 0 unspecified atom stereocenters. The number of carbonyl (C=O) groups excluding carboxylic acids is 1. The lowest BCUT2D eigenvalue weighted by Crippen LogP contribution is -2.18. The van der Waals surface area contributed by atoms with Crippen molar-refractivity contribution < 1.29 is 14.6 Å². The van der Waals surface area contributed by atoms with Gasteiger partial charge in [0.05, 0.1) is 7.11 Å². The summed E-state index contributed by atoms with van der Waals surface area (Å²) in [4.78, 5) is 29.1. The highest BCUT2D eigenvalue weighted by Crippen LogP contribution is 2.23. The molecule has 1 aromatic heterocycles. The average molecular weight is 260 g/mol. The second-order valence-electron chi connectivity index (χ2n) is 3.97. The summed E-state index contributed by atoms with van der Waals surface area (Å²) < 4.78 is 4.42. The molecular weight excluding hydrogens is 248 g/mol. The van der Waals surface area contributed by atoms with Gasteiger partial charge in [-0.2, -0.15) is 4.98 Å². The molecule has 0 saturated carbocycles. The summed E-state index contributed by atoms with van der Waals surface area (Å²) in [5.74, 6) is -1.66. The highest BCUT2D eigenvalue weighted by Gasteiger charge is 2.16. The first-order chi connectivity index (χ1) is 9.02. The molecule has 2 rings (SSSR count). The number of hydrogen-bond donors (Lipinski definition) is 2. The van der Waals surface area contributed by atoms with Gasteiger partial charge in [0.25, 0.3) is 5.56 Å². The number of aromatic amines is 1. The van der Waals surface area contributed by atoms with E-state index in [4.69, 9.17) is 0 Å². The molecule has 0 aliphatic carbocycles. The first kappa shape index (κ1) is 12.8. The van der Waals surface area contributed by atoms with Gasteiger partial charge in [0.1, 0.15) is 5.56 Å². The van der Waals surface area contributed by atoms with Crippen LogP contribution in [0.1, 0.15) is 16.2 Å². The van der Waals surface area contributed by atoms with Crippen LogP contribution in [-0.4, -0.2) is 28.2 Å². The quantitative estimate of drug-likeness (QED) is 0.792. The Morgan fingerprint density at radius 3 is 2.47 bits per heavy atom. The molecule has 1 aromatic carbocycles. The Hall–Kier alpha value is -2.63. The topological polar surface area (TPSA) is 92.3 Å². The molecule has 2 aromatic rings. The number of aryl methyl sites for hydroxylation is 1. The van der Waals surface area contributed by atoms with Crippen molar-refractivity contribution in [3.05, 3.63) is 46.0 Å². The molecule has 6 heteroatoms. The van der Waals surface area contributed by atoms with Gasteiger partial charge in [-0.25, -0.2) is 4.79 Å². The zero-order valence-corrected chi connectivity index (χ0v) is 10.4. The van der Waals surface area contributed by atoms with Crippen molar-refractivity contribution in [3.63, 3.8) is 0 Å². The fraction of sp³-hybridized carbons (Fsp3) is 0.154. The van der Waals surface area contributed by atoms with E-state index < -0.39 is 17.4 Å². The van der Waals surface area contributed by atoms with Crippen molar-refractivity contribution in [2.24, 2.45) is 0 Å². The summed E-state index contributed by atoms with van der Waals surface area (Å²) in [6.45, 7) is 1.91. The number of aromatic nitrogens is 2. The van der Waals surface area contributed by atoms with Crippen molar-refractivity contribution in [2.45, 2.75) is 6.92 Å². The van der Waals surface area contributed by atoms with Gasteiger partial charge in [-0.05, 0) is 12.5 Å². The van der Waals surface area contributed by atoms with Crippen molar-refractivity contribution in [1.82, 2.24) is 9.97 Å². The number of aromatic hydroxyl groups is 1. The van der Waals surface area contributed by atoms with Crippen molar-refractivity contribution in [3.8, 4) is 17.0 Å². The van der Waals surface area contributed by atoms with Crippen LogP contribution in [0, 0.1) is 6.92 Å². The van der Waals surface area contributed by atoms with E-state index in [-0.39, 0.29) is 11.4 Å². The maximum absolute atomic E-state index is 11.9. The molecule has 98 valence electrons. The molecule has 0 fully saturated rings. The molecule has 0 aliphatic rings.